The number of allylic oxidation sites excluding steroid dienone is 1. The van der Waals surface area contributed by atoms with Crippen molar-refractivity contribution in [3.05, 3.63) is 12.2 Å². The van der Waals surface area contributed by atoms with E-state index in [1.807, 2.05) is 37.9 Å². The molecule has 0 aromatic heterocycles. The van der Waals surface area contributed by atoms with Crippen LogP contribution in [0.4, 0.5) is 0 Å². The van der Waals surface area contributed by atoms with Crippen molar-refractivity contribution in [2.45, 2.75) is 78.3 Å². The first-order chi connectivity index (χ1) is 11.3. The molecule has 0 radical (unpaired) electrons. The van der Waals surface area contributed by atoms with E-state index in [1.54, 1.807) is 0 Å². The maximum Gasteiger partial charge on any atom is 0.326 e. The number of hydrogen-bond donors (Lipinski definition) is 2. The number of aliphatic carboxylic acids is 1. The number of carbonyl (C=O) groups excluding carboxylic acids is 1. The Labute approximate surface area is 147 Å². The SMILES string of the molecule is CCCCC/C=C\C(C)C(NC(=O)C(C)N(C)CCCC)C(=O)O. The molecule has 2 N–H and O–H groups in total. The molecular formula is C19H36N2O3. The number of likely N-dealkylation sites (N-methyl/N-ethyl adjacent to an activating group) is 1. The van der Waals surface area contributed by atoms with E-state index in [-0.39, 0.29) is 17.9 Å². The van der Waals surface area contributed by atoms with E-state index in [2.05, 4.69) is 19.2 Å². The number of amides is 1. The Bertz CT molecular complexity index is 396. The number of nitrogens with one attached hydrogen (secondary N) is 1. The Hall–Kier alpha value is -1.36. The molecule has 24 heavy (non-hydrogen) atoms. The Morgan fingerprint density at radius 1 is 1.12 bits per heavy atom. The van der Waals surface area contributed by atoms with Gasteiger partial charge in [0.25, 0.3) is 0 Å². The van der Waals surface area contributed by atoms with Crippen molar-refractivity contribution in [3.8, 4) is 0 Å². The van der Waals surface area contributed by atoms with Crippen LogP contribution in [0, 0.1) is 5.92 Å². The zero-order valence-corrected chi connectivity index (χ0v) is 16.0. The molecule has 140 valence electrons. The monoisotopic (exact) mass is 340 g/mol. The van der Waals surface area contributed by atoms with E-state index in [1.165, 1.54) is 12.8 Å². The second kappa shape index (κ2) is 13.0. The third kappa shape index (κ3) is 9.06. The fraction of sp³-hybridized carbons (Fsp3) is 0.789. The van der Waals surface area contributed by atoms with Crippen molar-refractivity contribution < 1.29 is 14.7 Å². The third-order valence-electron chi connectivity index (χ3n) is 4.41. The number of carboxylic acid groups (broad SMARTS) is 1. The number of carboxylic acids is 1. The lowest BCUT2D eigenvalue weighted by atomic mass is 10.00. The summed E-state index contributed by atoms with van der Waals surface area (Å²) in [6.45, 7) is 8.74. The van der Waals surface area contributed by atoms with E-state index in [4.69, 9.17) is 0 Å². The maximum absolute atomic E-state index is 12.3. The normalized spacial score (nSPS) is 15.4. The summed E-state index contributed by atoms with van der Waals surface area (Å²) in [6.07, 6.45) is 10.4. The van der Waals surface area contributed by atoms with Gasteiger partial charge in [0.05, 0.1) is 6.04 Å². The van der Waals surface area contributed by atoms with Crippen LogP contribution in [-0.4, -0.2) is 47.6 Å². The first-order valence-corrected chi connectivity index (χ1v) is 9.25. The van der Waals surface area contributed by atoms with Gasteiger partial charge in [-0.05, 0) is 39.8 Å². The Morgan fingerprint density at radius 3 is 2.29 bits per heavy atom. The third-order valence-corrected chi connectivity index (χ3v) is 4.41. The molecule has 0 rings (SSSR count). The average molecular weight is 341 g/mol. The van der Waals surface area contributed by atoms with Crippen molar-refractivity contribution in [2.24, 2.45) is 5.92 Å². The predicted octanol–water partition coefficient (Wildman–Crippen LogP) is 3.45. The molecule has 0 saturated heterocycles. The van der Waals surface area contributed by atoms with Crippen LogP contribution in [0.15, 0.2) is 12.2 Å². The second-order valence-electron chi connectivity index (χ2n) is 6.62. The minimum atomic E-state index is -0.988. The first kappa shape index (κ1) is 22.6. The first-order valence-electron chi connectivity index (χ1n) is 9.25. The molecule has 0 aliphatic heterocycles. The lowest BCUT2D eigenvalue weighted by Gasteiger charge is -2.26. The summed E-state index contributed by atoms with van der Waals surface area (Å²) in [5, 5.41) is 12.1. The summed E-state index contributed by atoms with van der Waals surface area (Å²) in [5.74, 6) is -1.45. The molecular weight excluding hydrogens is 304 g/mol. The second-order valence-corrected chi connectivity index (χ2v) is 6.62. The van der Waals surface area contributed by atoms with Crippen molar-refractivity contribution >= 4 is 11.9 Å². The van der Waals surface area contributed by atoms with Crippen molar-refractivity contribution in [1.82, 2.24) is 10.2 Å². The van der Waals surface area contributed by atoms with Gasteiger partial charge in [0, 0.05) is 5.92 Å². The topological polar surface area (TPSA) is 69.6 Å². The molecule has 5 heteroatoms. The molecule has 5 nitrogen and oxygen atoms in total. The Balaban J connectivity index is 4.60. The maximum atomic E-state index is 12.3. The van der Waals surface area contributed by atoms with Crippen LogP contribution in [0.3, 0.4) is 0 Å². The highest BCUT2D eigenvalue weighted by atomic mass is 16.4. The fourth-order valence-electron chi connectivity index (χ4n) is 2.43. The lowest BCUT2D eigenvalue weighted by Crippen LogP contribution is -2.51. The number of carbonyl (C=O) groups is 2. The van der Waals surface area contributed by atoms with Crippen LogP contribution in [0.25, 0.3) is 0 Å². The standard InChI is InChI=1S/C19H36N2O3/c1-6-8-10-11-12-13-15(3)17(19(23)24)20-18(22)16(4)21(5)14-9-7-2/h12-13,15-17H,6-11,14H2,1-5H3,(H,20,22)(H,23,24)/b13-12-. The highest BCUT2D eigenvalue weighted by Crippen LogP contribution is 2.09. The van der Waals surface area contributed by atoms with E-state index in [0.717, 1.165) is 32.2 Å². The molecule has 0 fully saturated rings. The van der Waals surface area contributed by atoms with Gasteiger partial charge in [-0.2, -0.15) is 0 Å². The molecule has 0 aliphatic carbocycles. The lowest BCUT2D eigenvalue weighted by molar-refractivity contribution is -0.143. The largest absolute Gasteiger partial charge is 0.480 e. The summed E-state index contributed by atoms with van der Waals surface area (Å²) in [6, 6.07) is -1.22. The summed E-state index contributed by atoms with van der Waals surface area (Å²) >= 11 is 0. The van der Waals surface area contributed by atoms with Crippen molar-refractivity contribution in [1.29, 1.82) is 0 Å². The summed E-state index contributed by atoms with van der Waals surface area (Å²) < 4.78 is 0. The van der Waals surface area contributed by atoms with Gasteiger partial charge in [0.2, 0.25) is 5.91 Å². The average Bonchev–Trinajstić information content (AvgIpc) is 2.55. The summed E-state index contributed by atoms with van der Waals surface area (Å²) in [5.41, 5.74) is 0. The van der Waals surface area contributed by atoms with E-state index in [0.29, 0.717) is 0 Å². The highest BCUT2D eigenvalue weighted by Gasteiger charge is 2.28. The van der Waals surface area contributed by atoms with Gasteiger partial charge in [-0.25, -0.2) is 4.79 Å². The van der Waals surface area contributed by atoms with Gasteiger partial charge in [-0.3, -0.25) is 9.69 Å². The summed E-state index contributed by atoms with van der Waals surface area (Å²) in [4.78, 5) is 25.8. The molecule has 3 unspecified atom stereocenters. The van der Waals surface area contributed by atoms with Crippen LogP contribution in [0.5, 0.6) is 0 Å². The van der Waals surface area contributed by atoms with Crippen molar-refractivity contribution in [2.75, 3.05) is 13.6 Å². The van der Waals surface area contributed by atoms with Gasteiger partial charge < -0.3 is 10.4 Å². The van der Waals surface area contributed by atoms with Crippen LogP contribution in [0.1, 0.15) is 66.2 Å². The molecule has 3 atom stereocenters. The molecule has 0 bridgehead atoms. The number of unbranched alkanes of at least 4 members (excludes halogenated alkanes) is 4. The molecule has 0 spiro atoms. The molecule has 0 heterocycles. The van der Waals surface area contributed by atoms with Crippen LogP contribution in [-0.2, 0) is 9.59 Å². The minimum absolute atomic E-state index is 0.229. The molecule has 0 aromatic rings. The quantitative estimate of drug-likeness (QED) is 0.398. The highest BCUT2D eigenvalue weighted by molar-refractivity contribution is 5.86. The van der Waals surface area contributed by atoms with Gasteiger partial charge in [-0.1, -0.05) is 52.2 Å². The van der Waals surface area contributed by atoms with Crippen LogP contribution < -0.4 is 5.32 Å². The van der Waals surface area contributed by atoms with Gasteiger partial charge in [-0.15, -0.1) is 0 Å². The predicted molar refractivity (Wildman–Crippen MR) is 99.0 cm³/mol. The van der Waals surface area contributed by atoms with E-state index in [9.17, 15) is 14.7 Å². The van der Waals surface area contributed by atoms with Gasteiger partial charge in [0.15, 0.2) is 0 Å². The van der Waals surface area contributed by atoms with E-state index >= 15 is 0 Å². The Morgan fingerprint density at radius 2 is 1.75 bits per heavy atom. The smallest absolute Gasteiger partial charge is 0.326 e. The minimum Gasteiger partial charge on any atom is -0.480 e. The molecule has 0 saturated carbocycles. The number of hydrogen-bond acceptors (Lipinski definition) is 3. The fourth-order valence-corrected chi connectivity index (χ4v) is 2.43. The van der Waals surface area contributed by atoms with E-state index < -0.39 is 12.0 Å². The van der Waals surface area contributed by atoms with Crippen LogP contribution in [0.2, 0.25) is 0 Å². The Kier molecular flexibility index (Phi) is 12.3. The summed E-state index contributed by atoms with van der Waals surface area (Å²) in [7, 11) is 1.90. The van der Waals surface area contributed by atoms with Gasteiger partial charge >= 0.3 is 5.97 Å². The van der Waals surface area contributed by atoms with Gasteiger partial charge in [0.1, 0.15) is 6.04 Å². The number of nitrogens with zero attached hydrogens (tertiary/aromatic N) is 1. The molecule has 0 aliphatic rings. The number of rotatable bonds is 13. The zero-order chi connectivity index (χ0) is 18.5. The van der Waals surface area contributed by atoms with Crippen molar-refractivity contribution in [3.63, 3.8) is 0 Å². The molecule has 1 amide bonds. The molecule has 0 aromatic carbocycles. The van der Waals surface area contributed by atoms with Crippen LogP contribution >= 0.6 is 0 Å². The zero-order valence-electron chi connectivity index (χ0n) is 16.0.